The first-order chi connectivity index (χ1) is 16.1. The highest BCUT2D eigenvalue weighted by Crippen LogP contribution is 2.39. The minimum absolute atomic E-state index is 0.0195. The van der Waals surface area contributed by atoms with E-state index in [1.807, 2.05) is 48.5 Å². The Labute approximate surface area is 199 Å². The van der Waals surface area contributed by atoms with Crippen LogP contribution in [0.15, 0.2) is 72.8 Å². The van der Waals surface area contributed by atoms with E-state index in [-0.39, 0.29) is 19.3 Å². The molecule has 1 atom stereocenters. The van der Waals surface area contributed by atoms with Crippen molar-refractivity contribution in [3.05, 3.63) is 88.9 Å². The predicted octanol–water partition coefficient (Wildman–Crippen LogP) is 5.67. The number of carbonyl (C=O) groups is 1. The number of carboxylic acids is 1. The van der Waals surface area contributed by atoms with Crippen LogP contribution in [0, 0.1) is 5.92 Å². The molecule has 0 bridgehead atoms. The Morgan fingerprint density at radius 2 is 1.67 bits per heavy atom. The number of hydrogen-bond donors (Lipinski definition) is 2. The van der Waals surface area contributed by atoms with E-state index in [4.69, 9.17) is 21.4 Å². The monoisotopic (exact) mass is 465 g/mol. The van der Waals surface area contributed by atoms with Crippen LogP contribution in [0.2, 0.25) is 5.02 Å². The van der Waals surface area contributed by atoms with Gasteiger partial charge in [0, 0.05) is 23.8 Å². The van der Waals surface area contributed by atoms with Crippen molar-refractivity contribution >= 4 is 23.3 Å². The maximum absolute atomic E-state index is 11.1. The fourth-order valence-electron chi connectivity index (χ4n) is 4.57. The molecule has 0 spiro atoms. The Morgan fingerprint density at radius 1 is 1.00 bits per heavy atom. The van der Waals surface area contributed by atoms with Crippen molar-refractivity contribution in [1.82, 2.24) is 0 Å². The minimum atomic E-state index is -0.913. The number of piperidine rings is 1. The first kappa shape index (κ1) is 23.3. The summed E-state index contributed by atoms with van der Waals surface area (Å²) in [4.78, 5) is 13.4. The molecule has 0 radical (unpaired) electrons. The van der Waals surface area contributed by atoms with E-state index in [2.05, 4.69) is 17.0 Å². The maximum atomic E-state index is 11.1. The summed E-state index contributed by atoms with van der Waals surface area (Å²) < 4.78 is 6.23. The standard InChI is InChI=1S/C27H28ClNO4/c28-22-9-5-19(6-10-22)24-3-1-2-4-25(24)26(33-18-17-30)20-13-15-29(16-14-20)23-11-7-21(8-12-23)27(31)32/h1-12,20,26,30H,13-18H2,(H,31,32)/t26-/m1/s1. The second-order valence-corrected chi connectivity index (χ2v) is 8.72. The van der Waals surface area contributed by atoms with Gasteiger partial charge in [-0.05, 0) is 71.8 Å². The van der Waals surface area contributed by atoms with Gasteiger partial charge >= 0.3 is 5.97 Å². The van der Waals surface area contributed by atoms with E-state index in [1.165, 1.54) is 0 Å². The lowest BCUT2D eigenvalue weighted by atomic mass is 9.84. The zero-order chi connectivity index (χ0) is 23.2. The number of halogens is 1. The van der Waals surface area contributed by atoms with Crippen LogP contribution in [0.25, 0.3) is 11.1 Å². The summed E-state index contributed by atoms with van der Waals surface area (Å²) in [5.41, 5.74) is 4.66. The molecular formula is C27H28ClNO4. The van der Waals surface area contributed by atoms with Gasteiger partial charge in [0.25, 0.3) is 0 Å². The number of aliphatic hydroxyl groups is 1. The minimum Gasteiger partial charge on any atom is -0.478 e. The molecule has 0 saturated carbocycles. The highest BCUT2D eigenvalue weighted by atomic mass is 35.5. The molecule has 1 heterocycles. The summed E-state index contributed by atoms with van der Waals surface area (Å²) in [7, 11) is 0. The summed E-state index contributed by atoms with van der Waals surface area (Å²) in [6.07, 6.45) is 1.75. The van der Waals surface area contributed by atoms with Crippen molar-refractivity contribution < 1.29 is 19.7 Å². The molecule has 0 aromatic heterocycles. The largest absolute Gasteiger partial charge is 0.478 e. The van der Waals surface area contributed by atoms with E-state index in [1.54, 1.807) is 12.1 Å². The molecule has 4 rings (SSSR count). The van der Waals surface area contributed by atoms with Crippen LogP contribution in [-0.2, 0) is 4.74 Å². The smallest absolute Gasteiger partial charge is 0.335 e. The van der Waals surface area contributed by atoms with E-state index in [0.717, 1.165) is 48.3 Å². The van der Waals surface area contributed by atoms with Crippen molar-refractivity contribution in [2.45, 2.75) is 18.9 Å². The number of anilines is 1. The van der Waals surface area contributed by atoms with Crippen molar-refractivity contribution in [2.75, 3.05) is 31.2 Å². The van der Waals surface area contributed by atoms with Gasteiger partial charge in [-0.1, -0.05) is 48.0 Å². The second-order valence-electron chi connectivity index (χ2n) is 8.29. The van der Waals surface area contributed by atoms with Crippen molar-refractivity contribution in [2.24, 2.45) is 5.92 Å². The van der Waals surface area contributed by atoms with Gasteiger partial charge in [0.2, 0.25) is 0 Å². The number of rotatable bonds is 8. The van der Waals surface area contributed by atoms with Gasteiger partial charge in [-0.2, -0.15) is 0 Å². The molecule has 6 heteroatoms. The highest BCUT2D eigenvalue weighted by Gasteiger charge is 2.30. The van der Waals surface area contributed by atoms with Crippen LogP contribution in [0.4, 0.5) is 5.69 Å². The summed E-state index contributed by atoms with van der Waals surface area (Å²) in [6, 6.07) is 23.2. The third-order valence-corrected chi connectivity index (χ3v) is 6.51. The van der Waals surface area contributed by atoms with Gasteiger partial charge in [0.15, 0.2) is 0 Å². The third kappa shape index (κ3) is 5.56. The zero-order valence-corrected chi connectivity index (χ0v) is 19.1. The molecule has 3 aromatic carbocycles. The lowest BCUT2D eigenvalue weighted by Gasteiger charge is -2.38. The summed E-state index contributed by atoms with van der Waals surface area (Å²) in [5, 5.41) is 19.3. The molecule has 172 valence electrons. The number of aromatic carboxylic acids is 1. The zero-order valence-electron chi connectivity index (χ0n) is 18.4. The number of carboxylic acid groups (broad SMARTS) is 1. The van der Waals surface area contributed by atoms with Gasteiger partial charge in [0.05, 0.1) is 24.9 Å². The fourth-order valence-corrected chi connectivity index (χ4v) is 4.70. The number of benzene rings is 3. The van der Waals surface area contributed by atoms with E-state index >= 15 is 0 Å². The number of nitrogens with zero attached hydrogens (tertiary/aromatic N) is 1. The van der Waals surface area contributed by atoms with Gasteiger partial charge < -0.3 is 19.8 Å². The van der Waals surface area contributed by atoms with E-state index < -0.39 is 5.97 Å². The quantitative estimate of drug-likeness (QED) is 0.448. The molecule has 1 aliphatic heterocycles. The lowest BCUT2D eigenvalue weighted by molar-refractivity contribution is -0.0133. The molecule has 3 aromatic rings. The predicted molar refractivity (Wildman–Crippen MR) is 131 cm³/mol. The molecule has 33 heavy (non-hydrogen) atoms. The average molecular weight is 466 g/mol. The summed E-state index contributed by atoms with van der Waals surface area (Å²) in [5.74, 6) is -0.608. The number of hydrogen-bond acceptors (Lipinski definition) is 4. The van der Waals surface area contributed by atoms with Crippen LogP contribution in [0.3, 0.4) is 0 Å². The van der Waals surface area contributed by atoms with Crippen molar-refractivity contribution in [1.29, 1.82) is 0 Å². The highest BCUT2D eigenvalue weighted by molar-refractivity contribution is 6.30. The SMILES string of the molecule is O=C(O)c1ccc(N2CCC([C@@H](OCCO)c3ccccc3-c3ccc(Cl)cc3)CC2)cc1. The second kappa shape index (κ2) is 10.8. The first-order valence-electron chi connectivity index (χ1n) is 11.2. The molecule has 1 saturated heterocycles. The van der Waals surface area contributed by atoms with Crippen molar-refractivity contribution in [3.63, 3.8) is 0 Å². The Kier molecular flexibility index (Phi) is 7.65. The first-order valence-corrected chi connectivity index (χ1v) is 11.6. The molecule has 1 fully saturated rings. The maximum Gasteiger partial charge on any atom is 0.335 e. The summed E-state index contributed by atoms with van der Waals surface area (Å²) >= 11 is 6.09. The molecule has 2 N–H and O–H groups in total. The normalized spacial score (nSPS) is 15.4. The molecular weight excluding hydrogens is 438 g/mol. The van der Waals surface area contributed by atoms with Gasteiger partial charge in [0.1, 0.15) is 0 Å². The lowest BCUT2D eigenvalue weighted by Crippen LogP contribution is -2.36. The molecule has 5 nitrogen and oxygen atoms in total. The molecule has 0 aliphatic carbocycles. The van der Waals surface area contributed by atoms with Crippen LogP contribution >= 0.6 is 11.6 Å². The van der Waals surface area contributed by atoms with E-state index in [0.29, 0.717) is 16.5 Å². The molecule has 0 unspecified atom stereocenters. The van der Waals surface area contributed by atoms with Gasteiger partial charge in [-0.25, -0.2) is 4.79 Å². The topological polar surface area (TPSA) is 70.0 Å². The van der Waals surface area contributed by atoms with Crippen LogP contribution < -0.4 is 4.90 Å². The Bertz CT molecular complexity index is 1060. The summed E-state index contributed by atoms with van der Waals surface area (Å²) in [6.45, 7) is 1.99. The number of aliphatic hydroxyl groups excluding tert-OH is 1. The average Bonchev–Trinajstić information content (AvgIpc) is 2.85. The fraction of sp³-hybridized carbons (Fsp3) is 0.296. The Balaban J connectivity index is 1.53. The van der Waals surface area contributed by atoms with E-state index in [9.17, 15) is 9.90 Å². The van der Waals surface area contributed by atoms with Crippen LogP contribution in [-0.4, -0.2) is 42.5 Å². The molecule has 0 amide bonds. The third-order valence-electron chi connectivity index (χ3n) is 6.26. The Morgan fingerprint density at radius 3 is 2.30 bits per heavy atom. The van der Waals surface area contributed by atoms with Crippen LogP contribution in [0.5, 0.6) is 0 Å². The van der Waals surface area contributed by atoms with Gasteiger partial charge in [-0.15, -0.1) is 0 Å². The van der Waals surface area contributed by atoms with Crippen LogP contribution in [0.1, 0.15) is 34.9 Å². The number of ether oxygens (including phenoxy) is 1. The van der Waals surface area contributed by atoms with Crippen molar-refractivity contribution in [3.8, 4) is 11.1 Å². The van der Waals surface area contributed by atoms with Gasteiger partial charge in [-0.3, -0.25) is 0 Å². The molecule has 1 aliphatic rings. The Hall–Kier alpha value is -2.86.